The smallest absolute Gasteiger partial charge is 0.255 e. The number of primary amides is 1. The van der Waals surface area contributed by atoms with Crippen LogP contribution >= 0.6 is 0 Å². The molecular formula is C28H35N3O9. The van der Waals surface area contributed by atoms with Gasteiger partial charge in [0.05, 0.1) is 25.3 Å². The van der Waals surface area contributed by atoms with Crippen LogP contribution in [0, 0.1) is 11.8 Å². The zero-order chi connectivity index (χ0) is 29.3. The van der Waals surface area contributed by atoms with Gasteiger partial charge in [-0.25, -0.2) is 0 Å². The number of fused-ring (bicyclic) bond motifs is 3. The fourth-order valence-corrected chi connectivity index (χ4v) is 7.00. The third kappa shape index (κ3) is 3.92. The van der Waals surface area contributed by atoms with Crippen LogP contribution in [0.2, 0.25) is 0 Å². The number of benzene rings is 1. The number of nitrogens with two attached hydrogens (primary N) is 1. The number of Topliss-reactive ketones (excluding diaryl/α,β-unsaturated/α-hetero) is 2. The molecule has 12 nitrogen and oxygen atoms in total. The molecule has 1 aromatic rings. The molecule has 4 aliphatic rings. The van der Waals surface area contributed by atoms with E-state index in [1.807, 2.05) is 7.05 Å². The molecule has 1 saturated heterocycles. The Labute approximate surface area is 231 Å². The lowest BCUT2D eigenvalue weighted by Gasteiger charge is -2.50. The average Bonchev–Trinajstić information content (AvgIpc) is 3.41. The Balaban J connectivity index is 1.63. The third-order valence-electron chi connectivity index (χ3n) is 8.90. The standard InChI is InChI=1S/C28H35N3O9/c1-30(2)21-16-8-12-7-15-19(17(32)9-13(24(15)39-4)10-31(3)14-5-6-40-11-14)22(33)18(12)25(35)28(16,38)26(36)20(23(21)34)27(29)37/h9,12,14,16,21,32,34-35,38H,5-8,10-11H2,1-4H3,(H2,29,37)/t12-,14+,16-,21-,28-/m0/s1. The molecule has 216 valence electrons. The van der Waals surface area contributed by atoms with E-state index in [0.29, 0.717) is 36.6 Å². The first kappa shape index (κ1) is 28.1. The predicted molar refractivity (Wildman–Crippen MR) is 141 cm³/mol. The average molecular weight is 558 g/mol. The Morgan fingerprint density at radius 3 is 2.50 bits per heavy atom. The van der Waals surface area contributed by atoms with Gasteiger partial charge in [-0.05, 0) is 52.4 Å². The van der Waals surface area contributed by atoms with E-state index in [1.165, 1.54) is 18.1 Å². The first-order valence-corrected chi connectivity index (χ1v) is 13.2. The zero-order valence-corrected chi connectivity index (χ0v) is 22.9. The van der Waals surface area contributed by atoms with Crippen molar-refractivity contribution in [3.8, 4) is 11.5 Å². The number of phenolic OH excluding ortho intramolecular Hbond substituents is 1. The van der Waals surface area contributed by atoms with Crippen molar-refractivity contribution in [3.05, 3.63) is 45.4 Å². The van der Waals surface area contributed by atoms with Gasteiger partial charge < -0.3 is 35.6 Å². The number of aliphatic hydroxyl groups is 3. The van der Waals surface area contributed by atoms with Crippen molar-refractivity contribution in [1.82, 2.24) is 9.80 Å². The van der Waals surface area contributed by atoms with E-state index in [9.17, 15) is 34.8 Å². The number of methoxy groups -OCH3 is 1. The number of carbonyl (C=O) groups excluding carboxylic acids is 3. The lowest BCUT2D eigenvalue weighted by molar-refractivity contribution is -0.148. The number of ketones is 2. The second-order valence-electron chi connectivity index (χ2n) is 11.3. The number of hydrogen-bond donors (Lipinski definition) is 5. The van der Waals surface area contributed by atoms with E-state index in [4.69, 9.17) is 15.2 Å². The molecule has 5 rings (SSSR count). The molecule has 1 aliphatic heterocycles. The number of likely N-dealkylation sites (N-methyl/N-ethyl adjacent to an activating group) is 2. The van der Waals surface area contributed by atoms with Gasteiger partial charge in [-0.1, -0.05) is 0 Å². The van der Waals surface area contributed by atoms with Gasteiger partial charge in [0.1, 0.15) is 28.6 Å². The first-order chi connectivity index (χ1) is 18.8. The van der Waals surface area contributed by atoms with Gasteiger partial charge in [-0.2, -0.15) is 0 Å². The van der Waals surface area contributed by atoms with Crippen LogP contribution in [0.1, 0.15) is 34.3 Å². The van der Waals surface area contributed by atoms with Gasteiger partial charge in [0.15, 0.2) is 11.4 Å². The molecule has 1 aromatic carbocycles. The lowest BCUT2D eigenvalue weighted by atomic mass is 9.58. The molecule has 5 atom stereocenters. The van der Waals surface area contributed by atoms with Crippen molar-refractivity contribution < 1.29 is 44.3 Å². The van der Waals surface area contributed by atoms with Crippen molar-refractivity contribution >= 4 is 17.5 Å². The van der Waals surface area contributed by atoms with Crippen molar-refractivity contribution in [3.63, 3.8) is 0 Å². The summed E-state index contributed by atoms with van der Waals surface area (Å²) in [6, 6.07) is 0.610. The zero-order valence-electron chi connectivity index (χ0n) is 22.9. The highest BCUT2D eigenvalue weighted by molar-refractivity contribution is 6.24. The maximum Gasteiger partial charge on any atom is 0.255 e. The maximum atomic E-state index is 13.9. The van der Waals surface area contributed by atoms with Crippen LogP contribution in [0.5, 0.6) is 11.5 Å². The second kappa shape index (κ2) is 9.88. The van der Waals surface area contributed by atoms with Gasteiger partial charge in [0, 0.05) is 41.8 Å². The van der Waals surface area contributed by atoms with E-state index in [-0.39, 0.29) is 35.8 Å². The van der Waals surface area contributed by atoms with Crippen molar-refractivity contribution in [1.29, 1.82) is 0 Å². The van der Waals surface area contributed by atoms with Crippen LogP contribution in [0.15, 0.2) is 28.7 Å². The monoisotopic (exact) mass is 557 g/mol. The van der Waals surface area contributed by atoms with Crippen molar-refractivity contribution in [2.24, 2.45) is 17.6 Å². The minimum atomic E-state index is -2.67. The first-order valence-electron chi connectivity index (χ1n) is 13.2. The third-order valence-corrected chi connectivity index (χ3v) is 8.90. The molecule has 12 heteroatoms. The Kier molecular flexibility index (Phi) is 6.94. The van der Waals surface area contributed by atoms with Crippen LogP contribution in [0.4, 0.5) is 0 Å². The molecule has 0 radical (unpaired) electrons. The van der Waals surface area contributed by atoms with Crippen molar-refractivity contribution in [2.45, 2.75) is 43.5 Å². The molecule has 1 fully saturated rings. The quantitative estimate of drug-likeness (QED) is 0.304. The number of hydrogen-bond acceptors (Lipinski definition) is 11. The number of amides is 1. The molecule has 0 saturated carbocycles. The number of phenols is 1. The molecule has 3 aliphatic carbocycles. The number of ether oxygens (including phenoxy) is 2. The van der Waals surface area contributed by atoms with Gasteiger partial charge >= 0.3 is 0 Å². The highest BCUT2D eigenvalue weighted by Gasteiger charge is 2.63. The number of rotatable bonds is 6. The van der Waals surface area contributed by atoms with Crippen LogP contribution in [-0.4, -0.2) is 107 Å². The fourth-order valence-electron chi connectivity index (χ4n) is 7.00. The largest absolute Gasteiger partial charge is 0.510 e. The maximum absolute atomic E-state index is 13.9. The number of nitrogens with zero attached hydrogens (tertiary/aromatic N) is 2. The summed E-state index contributed by atoms with van der Waals surface area (Å²) in [5, 5.41) is 45.0. The van der Waals surface area contributed by atoms with Gasteiger partial charge in [0.25, 0.3) is 5.91 Å². The van der Waals surface area contributed by atoms with E-state index in [2.05, 4.69) is 4.90 Å². The topological polar surface area (TPSA) is 183 Å². The second-order valence-corrected chi connectivity index (χ2v) is 11.3. The molecule has 0 bridgehead atoms. The van der Waals surface area contributed by atoms with E-state index in [1.54, 1.807) is 14.1 Å². The molecule has 0 spiro atoms. The number of allylic oxidation sites excluding steroid dienone is 1. The molecule has 0 unspecified atom stereocenters. The minimum Gasteiger partial charge on any atom is -0.510 e. The van der Waals surface area contributed by atoms with Gasteiger partial charge in [-0.15, -0.1) is 0 Å². The Bertz CT molecular complexity index is 1360. The summed E-state index contributed by atoms with van der Waals surface area (Å²) in [7, 11) is 6.61. The van der Waals surface area contributed by atoms with Crippen LogP contribution < -0.4 is 10.5 Å². The summed E-state index contributed by atoms with van der Waals surface area (Å²) in [4.78, 5) is 43.0. The SMILES string of the molecule is COc1c(CN(C)[C@@H]2CCOC2)cc(O)c2c1C[C@H]1C[C@H]3[C@H](N(C)C)C(O)=C(C(N)=O)C(=O)[C@@]3(O)C(O)=C1C2=O. The van der Waals surface area contributed by atoms with Crippen molar-refractivity contribution in [2.75, 3.05) is 41.5 Å². The summed E-state index contributed by atoms with van der Waals surface area (Å²) < 4.78 is 11.3. The summed E-state index contributed by atoms with van der Waals surface area (Å²) in [5.74, 6) is -6.40. The number of aliphatic hydroxyl groups excluding tert-OH is 2. The summed E-state index contributed by atoms with van der Waals surface area (Å²) in [6.45, 7) is 1.70. The van der Waals surface area contributed by atoms with E-state index < -0.39 is 58.0 Å². The summed E-state index contributed by atoms with van der Waals surface area (Å²) >= 11 is 0. The number of aromatic hydroxyl groups is 1. The van der Waals surface area contributed by atoms with Crippen LogP contribution in [0.25, 0.3) is 0 Å². The summed E-state index contributed by atoms with van der Waals surface area (Å²) in [5.41, 5.74) is 2.73. The Morgan fingerprint density at radius 1 is 1.23 bits per heavy atom. The predicted octanol–water partition coefficient (Wildman–Crippen LogP) is 0.350. The van der Waals surface area contributed by atoms with Gasteiger partial charge in [0.2, 0.25) is 5.78 Å². The van der Waals surface area contributed by atoms with Gasteiger partial charge in [-0.3, -0.25) is 24.2 Å². The normalized spacial score (nSPS) is 30.1. The fraction of sp³-hybridized carbons (Fsp3) is 0.536. The molecular weight excluding hydrogens is 522 g/mol. The van der Waals surface area contributed by atoms with Crippen LogP contribution in [-0.2, 0) is 27.3 Å². The molecule has 1 amide bonds. The molecule has 0 aromatic heterocycles. The van der Waals surface area contributed by atoms with E-state index in [0.717, 1.165) is 6.42 Å². The Hall–Kier alpha value is -3.45. The Morgan fingerprint density at radius 2 is 1.93 bits per heavy atom. The van der Waals surface area contributed by atoms with Crippen LogP contribution in [0.3, 0.4) is 0 Å². The molecule has 6 N–H and O–H groups in total. The molecule has 1 heterocycles. The molecule has 40 heavy (non-hydrogen) atoms. The highest BCUT2D eigenvalue weighted by atomic mass is 16.5. The van der Waals surface area contributed by atoms with E-state index >= 15 is 0 Å². The number of carbonyl (C=O) groups is 3. The lowest BCUT2D eigenvalue weighted by Crippen LogP contribution is -2.63. The minimum absolute atomic E-state index is 0.0131. The highest BCUT2D eigenvalue weighted by Crippen LogP contribution is 2.53. The summed E-state index contributed by atoms with van der Waals surface area (Å²) in [6.07, 6.45) is 1.05.